The summed E-state index contributed by atoms with van der Waals surface area (Å²) in [5, 5.41) is 16.7. The largest absolute Gasteiger partial charge is 0.478 e. The highest BCUT2D eigenvalue weighted by Crippen LogP contribution is 2.27. The molecule has 1 heterocycles. The Balaban J connectivity index is 1.37. The molecule has 2 N–H and O–H groups in total. The van der Waals surface area contributed by atoms with E-state index in [0.717, 1.165) is 36.2 Å². The molecule has 0 spiro atoms. The predicted octanol–water partition coefficient (Wildman–Crippen LogP) is 3.31. The fourth-order valence-electron chi connectivity index (χ4n) is 3.78. The fraction of sp³-hybridized carbons (Fsp3) is 0.261. The van der Waals surface area contributed by atoms with Crippen LogP contribution in [0.4, 0.5) is 0 Å². The predicted molar refractivity (Wildman–Crippen MR) is 109 cm³/mol. The lowest BCUT2D eigenvalue weighted by atomic mass is 10.1. The minimum absolute atomic E-state index is 0.0340. The fourth-order valence-corrected chi connectivity index (χ4v) is 3.78. The molecule has 3 aromatic rings. The first kappa shape index (κ1) is 18.9. The summed E-state index contributed by atoms with van der Waals surface area (Å²) in [5.41, 5.74) is 5.70. The van der Waals surface area contributed by atoms with Crippen molar-refractivity contribution in [2.75, 3.05) is 0 Å². The summed E-state index contributed by atoms with van der Waals surface area (Å²) in [5.74, 6) is -0.981. The molecule has 0 fully saturated rings. The molecular weight excluding hydrogens is 366 g/mol. The van der Waals surface area contributed by atoms with Gasteiger partial charge in [0.15, 0.2) is 0 Å². The number of carbonyl (C=O) groups excluding carboxylic acids is 1. The molecule has 148 valence electrons. The zero-order chi connectivity index (χ0) is 20.2. The number of aromatic carboxylic acids is 1. The third-order valence-electron chi connectivity index (χ3n) is 5.31. The molecule has 0 atom stereocenters. The maximum atomic E-state index is 12.3. The Labute approximate surface area is 169 Å². The number of nitrogens with zero attached hydrogens (tertiary/aromatic N) is 2. The molecule has 6 heteroatoms. The van der Waals surface area contributed by atoms with Gasteiger partial charge in [-0.3, -0.25) is 4.79 Å². The van der Waals surface area contributed by atoms with Crippen molar-refractivity contribution in [1.82, 2.24) is 15.1 Å². The van der Waals surface area contributed by atoms with Crippen LogP contribution in [0.3, 0.4) is 0 Å². The first-order valence-corrected chi connectivity index (χ1v) is 9.86. The van der Waals surface area contributed by atoms with Crippen molar-refractivity contribution in [3.63, 3.8) is 0 Å². The molecule has 2 aromatic carbocycles. The Morgan fingerprint density at radius 2 is 1.79 bits per heavy atom. The van der Waals surface area contributed by atoms with Crippen molar-refractivity contribution in [2.45, 2.75) is 38.6 Å². The molecule has 1 aromatic heterocycles. The standard InChI is InChI=1S/C23H23N3O3/c27-22(14-11-16-9-12-17(13-10-16)23(28)29)24-15-20-19-7-4-8-21(19)26(25-20)18-5-2-1-3-6-18/h1-3,5-6,9-10,12-13H,4,7-8,11,14-15H2,(H,24,27)(H,28,29). The second kappa shape index (κ2) is 8.31. The number of hydrogen-bond donors (Lipinski definition) is 2. The number of rotatable bonds is 7. The van der Waals surface area contributed by atoms with Crippen LogP contribution in [-0.2, 0) is 30.6 Å². The minimum atomic E-state index is -0.947. The summed E-state index contributed by atoms with van der Waals surface area (Å²) in [7, 11) is 0. The van der Waals surface area contributed by atoms with Crippen molar-refractivity contribution in [1.29, 1.82) is 0 Å². The highest BCUT2D eigenvalue weighted by molar-refractivity contribution is 5.87. The molecule has 0 unspecified atom stereocenters. The molecule has 0 saturated heterocycles. The number of aryl methyl sites for hydroxylation is 1. The van der Waals surface area contributed by atoms with E-state index in [2.05, 4.69) is 5.32 Å². The van der Waals surface area contributed by atoms with Gasteiger partial charge in [0.25, 0.3) is 0 Å². The molecule has 0 radical (unpaired) electrons. The number of amides is 1. The van der Waals surface area contributed by atoms with Crippen LogP contribution in [0, 0.1) is 0 Å². The van der Waals surface area contributed by atoms with E-state index in [4.69, 9.17) is 10.2 Å². The van der Waals surface area contributed by atoms with Crippen molar-refractivity contribution >= 4 is 11.9 Å². The Bertz CT molecular complexity index is 1020. The van der Waals surface area contributed by atoms with Gasteiger partial charge < -0.3 is 10.4 Å². The first-order valence-electron chi connectivity index (χ1n) is 9.86. The number of aromatic nitrogens is 2. The van der Waals surface area contributed by atoms with Gasteiger partial charge in [0.1, 0.15) is 0 Å². The number of hydrogen-bond acceptors (Lipinski definition) is 3. The van der Waals surface area contributed by atoms with Gasteiger partial charge in [-0.2, -0.15) is 5.10 Å². The van der Waals surface area contributed by atoms with E-state index in [-0.39, 0.29) is 11.5 Å². The van der Waals surface area contributed by atoms with Gasteiger partial charge in [-0.25, -0.2) is 9.48 Å². The molecule has 0 bridgehead atoms. The van der Waals surface area contributed by atoms with E-state index in [9.17, 15) is 9.59 Å². The monoisotopic (exact) mass is 389 g/mol. The van der Waals surface area contributed by atoms with Crippen LogP contribution in [0.15, 0.2) is 54.6 Å². The van der Waals surface area contributed by atoms with E-state index < -0.39 is 5.97 Å². The van der Waals surface area contributed by atoms with Gasteiger partial charge in [-0.1, -0.05) is 30.3 Å². The maximum absolute atomic E-state index is 12.3. The number of benzene rings is 2. The number of carboxylic acid groups (broad SMARTS) is 1. The number of nitrogens with one attached hydrogen (secondary N) is 1. The summed E-state index contributed by atoms with van der Waals surface area (Å²) < 4.78 is 2.01. The van der Waals surface area contributed by atoms with E-state index in [0.29, 0.717) is 19.4 Å². The van der Waals surface area contributed by atoms with Crippen LogP contribution >= 0.6 is 0 Å². The van der Waals surface area contributed by atoms with Crippen LogP contribution in [0.25, 0.3) is 5.69 Å². The maximum Gasteiger partial charge on any atom is 0.335 e. The molecule has 6 nitrogen and oxygen atoms in total. The van der Waals surface area contributed by atoms with Gasteiger partial charge in [-0.05, 0) is 61.1 Å². The van der Waals surface area contributed by atoms with Crippen molar-refractivity contribution in [2.24, 2.45) is 0 Å². The lowest BCUT2D eigenvalue weighted by Crippen LogP contribution is -2.23. The van der Waals surface area contributed by atoms with Crippen molar-refractivity contribution in [3.8, 4) is 5.69 Å². The second-order valence-corrected chi connectivity index (χ2v) is 7.25. The van der Waals surface area contributed by atoms with Gasteiger partial charge in [0, 0.05) is 12.1 Å². The summed E-state index contributed by atoms with van der Waals surface area (Å²) in [6, 6.07) is 16.7. The van der Waals surface area contributed by atoms with Crippen LogP contribution in [0.2, 0.25) is 0 Å². The highest BCUT2D eigenvalue weighted by Gasteiger charge is 2.23. The molecule has 1 aliphatic rings. The zero-order valence-electron chi connectivity index (χ0n) is 16.1. The zero-order valence-corrected chi connectivity index (χ0v) is 16.1. The van der Waals surface area contributed by atoms with Crippen LogP contribution in [-0.4, -0.2) is 26.8 Å². The summed E-state index contributed by atoms with van der Waals surface area (Å²) in [4.78, 5) is 23.2. The van der Waals surface area contributed by atoms with Gasteiger partial charge in [-0.15, -0.1) is 0 Å². The molecule has 1 aliphatic carbocycles. The molecule has 4 rings (SSSR count). The molecule has 0 saturated carbocycles. The summed E-state index contributed by atoms with van der Waals surface area (Å²) in [6.45, 7) is 0.430. The van der Waals surface area contributed by atoms with Crippen LogP contribution in [0.1, 0.15) is 45.7 Å². The SMILES string of the molecule is O=C(CCc1ccc(C(=O)O)cc1)NCc1nn(-c2ccccc2)c2c1CCC2. The number of carboxylic acids is 1. The average molecular weight is 389 g/mol. The molecular formula is C23H23N3O3. The van der Waals surface area contributed by atoms with Gasteiger partial charge in [0.05, 0.1) is 23.5 Å². The third kappa shape index (κ3) is 4.21. The number of fused-ring (bicyclic) bond motifs is 1. The van der Waals surface area contributed by atoms with Gasteiger partial charge >= 0.3 is 5.97 Å². The molecule has 1 amide bonds. The lowest BCUT2D eigenvalue weighted by molar-refractivity contribution is -0.121. The van der Waals surface area contributed by atoms with E-state index in [1.807, 2.05) is 35.0 Å². The first-order chi connectivity index (χ1) is 14.1. The lowest BCUT2D eigenvalue weighted by Gasteiger charge is -2.06. The average Bonchev–Trinajstić information content (AvgIpc) is 3.35. The van der Waals surface area contributed by atoms with Crippen LogP contribution < -0.4 is 5.32 Å². The normalized spacial score (nSPS) is 12.6. The van der Waals surface area contributed by atoms with Gasteiger partial charge in [0.2, 0.25) is 5.91 Å². The number of carbonyl (C=O) groups is 2. The summed E-state index contributed by atoms with van der Waals surface area (Å²) >= 11 is 0. The Kier molecular flexibility index (Phi) is 5.42. The van der Waals surface area contributed by atoms with E-state index in [1.165, 1.54) is 11.3 Å². The smallest absolute Gasteiger partial charge is 0.335 e. The van der Waals surface area contributed by atoms with E-state index in [1.54, 1.807) is 24.3 Å². The molecule has 29 heavy (non-hydrogen) atoms. The van der Waals surface area contributed by atoms with Crippen LogP contribution in [0.5, 0.6) is 0 Å². The Morgan fingerprint density at radius 3 is 2.52 bits per heavy atom. The summed E-state index contributed by atoms with van der Waals surface area (Å²) in [6.07, 6.45) is 4.06. The second-order valence-electron chi connectivity index (χ2n) is 7.25. The minimum Gasteiger partial charge on any atom is -0.478 e. The van der Waals surface area contributed by atoms with Crippen molar-refractivity contribution in [3.05, 3.63) is 82.7 Å². The number of para-hydroxylation sites is 1. The van der Waals surface area contributed by atoms with Crippen molar-refractivity contribution < 1.29 is 14.7 Å². The van der Waals surface area contributed by atoms with E-state index >= 15 is 0 Å². The Morgan fingerprint density at radius 1 is 1.03 bits per heavy atom. The third-order valence-corrected chi connectivity index (χ3v) is 5.31. The molecule has 0 aliphatic heterocycles. The quantitative estimate of drug-likeness (QED) is 0.649. The topological polar surface area (TPSA) is 84.2 Å². The Hall–Kier alpha value is -3.41. The highest BCUT2D eigenvalue weighted by atomic mass is 16.4.